The Morgan fingerprint density at radius 3 is 2.40 bits per heavy atom. The van der Waals surface area contributed by atoms with Crippen LogP contribution in [0.25, 0.3) is 0 Å². The summed E-state index contributed by atoms with van der Waals surface area (Å²) in [4.78, 5) is 0. The number of phenols is 3. The number of rotatable bonds is 1. The van der Waals surface area contributed by atoms with Gasteiger partial charge in [0, 0.05) is 11.5 Å². The lowest BCUT2D eigenvalue weighted by Crippen LogP contribution is -2.22. The summed E-state index contributed by atoms with van der Waals surface area (Å²) in [6.07, 6.45) is 0. The third-order valence-corrected chi connectivity index (χ3v) is 3.96. The van der Waals surface area contributed by atoms with Gasteiger partial charge in [0.1, 0.15) is 5.75 Å². The fourth-order valence-electron chi connectivity index (χ4n) is 2.73. The highest BCUT2D eigenvalue weighted by molar-refractivity contribution is 5.56. The van der Waals surface area contributed by atoms with Crippen molar-refractivity contribution in [1.29, 1.82) is 0 Å². The molecule has 0 spiro atoms. The molecular weight excluding hydrogens is 256 g/mol. The average Bonchev–Trinajstić information content (AvgIpc) is 2.45. The van der Waals surface area contributed by atoms with Gasteiger partial charge in [-0.1, -0.05) is 25.1 Å². The lowest BCUT2D eigenvalue weighted by atomic mass is 9.81. The minimum Gasteiger partial charge on any atom is -0.508 e. The Hall–Kier alpha value is -2.36. The van der Waals surface area contributed by atoms with Crippen molar-refractivity contribution in [2.24, 2.45) is 0 Å². The Bertz CT molecular complexity index is 634. The van der Waals surface area contributed by atoms with Gasteiger partial charge < -0.3 is 20.1 Å². The first-order valence-corrected chi connectivity index (χ1v) is 6.54. The molecule has 104 valence electrons. The van der Waals surface area contributed by atoms with Crippen LogP contribution in [0.4, 0.5) is 0 Å². The molecule has 20 heavy (non-hydrogen) atoms. The second kappa shape index (κ2) is 4.63. The Morgan fingerprint density at radius 2 is 1.70 bits per heavy atom. The number of hydrogen-bond donors (Lipinski definition) is 3. The minimum absolute atomic E-state index is 0.145. The number of fused-ring (bicyclic) bond motifs is 1. The molecule has 2 atom stereocenters. The number of benzene rings is 2. The molecule has 3 rings (SSSR count). The second-order valence-corrected chi connectivity index (χ2v) is 5.15. The van der Waals surface area contributed by atoms with Gasteiger partial charge in [-0.05, 0) is 29.7 Å². The van der Waals surface area contributed by atoms with Crippen molar-refractivity contribution in [2.45, 2.75) is 18.8 Å². The molecule has 2 unspecified atom stereocenters. The molecule has 0 amide bonds. The zero-order valence-corrected chi connectivity index (χ0v) is 11.1. The molecule has 0 aromatic heterocycles. The molecule has 0 bridgehead atoms. The van der Waals surface area contributed by atoms with Crippen LogP contribution in [-0.2, 0) is 0 Å². The fraction of sp³-hybridized carbons (Fsp3) is 0.250. The van der Waals surface area contributed by atoms with Crippen LogP contribution >= 0.6 is 0 Å². The smallest absolute Gasteiger partial charge is 0.200 e. The van der Waals surface area contributed by atoms with Gasteiger partial charge in [-0.25, -0.2) is 0 Å². The van der Waals surface area contributed by atoms with Gasteiger partial charge in [-0.3, -0.25) is 0 Å². The highest BCUT2D eigenvalue weighted by Gasteiger charge is 2.31. The zero-order valence-electron chi connectivity index (χ0n) is 11.1. The predicted octanol–water partition coefficient (Wildman–Crippen LogP) is 3.08. The molecule has 4 nitrogen and oxygen atoms in total. The molecule has 0 saturated heterocycles. The Labute approximate surface area is 116 Å². The average molecular weight is 272 g/mol. The first kappa shape index (κ1) is 12.7. The molecule has 0 aliphatic carbocycles. The summed E-state index contributed by atoms with van der Waals surface area (Å²) in [7, 11) is 0. The van der Waals surface area contributed by atoms with E-state index in [4.69, 9.17) is 4.74 Å². The Kier molecular flexibility index (Phi) is 2.93. The van der Waals surface area contributed by atoms with Gasteiger partial charge in [-0.2, -0.15) is 0 Å². The van der Waals surface area contributed by atoms with Crippen LogP contribution in [0, 0.1) is 0 Å². The zero-order chi connectivity index (χ0) is 14.3. The fourth-order valence-corrected chi connectivity index (χ4v) is 2.73. The molecule has 2 aromatic carbocycles. The molecule has 2 aromatic rings. The van der Waals surface area contributed by atoms with Crippen molar-refractivity contribution in [3.05, 3.63) is 47.5 Å². The molecule has 1 heterocycles. The van der Waals surface area contributed by atoms with E-state index in [0.717, 1.165) is 11.1 Å². The van der Waals surface area contributed by atoms with Gasteiger partial charge in [0.2, 0.25) is 5.75 Å². The van der Waals surface area contributed by atoms with E-state index in [0.29, 0.717) is 12.4 Å². The summed E-state index contributed by atoms with van der Waals surface area (Å²) in [6.45, 7) is 2.49. The highest BCUT2D eigenvalue weighted by Crippen LogP contribution is 2.48. The van der Waals surface area contributed by atoms with Crippen LogP contribution in [0.5, 0.6) is 23.0 Å². The van der Waals surface area contributed by atoms with E-state index < -0.39 is 0 Å². The van der Waals surface area contributed by atoms with Crippen molar-refractivity contribution in [3.8, 4) is 23.0 Å². The van der Waals surface area contributed by atoms with Crippen LogP contribution < -0.4 is 4.74 Å². The number of ether oxygens (including phenoxy) is 1. The first-order chi connectivity index (χ1) is 9.58. The molecule has 0 radical (unpaired) electrons. The van der Waals surface area contributed by atoms with Gasteiger partial charge in [-0.15, -0.1) is 0 Å². The summed E-state index contributed by atoms with van der Waals surface area (Å²) in [5.74, 6) is 0.535. The van der Waals surface area contributed by atoms with Crippen LogP contribution in [0.15, 0.2) is 36.4 Å². The van der Waals surface area contributed by atoms with E-state index in [1.165, 1.54) is 6.07 Å². The van der Waals surface area contributed by atoms with Crippen molar-refractivity contribution in [1.82, 2.24) is 0 Å². The molecule has 3 N–H and O–H groups in total. The molecule has 0 saturated carbocycles. The summed E-state index contributed by atoms with van der Waals surface area (Å²) in [5.41, 5.74) is 1.96. The monoisotopic (exact) mass is 272 g/mol. The third kappa shape index (κ3) is 1.93. The molecule has 1 aliphatic rings. The van der Waals surface area contributed by atoms with E-state index in [-0.39, 0.29) is 29.1 Å². The minimum atomic E-state index is -0.196. The lowest BCUT2D eigenvalue weighted by molar-refractivity contribution is 0.229. The predicted molar refractivity (Wildman–Crippen MR) is 74.5 cm³/mol. The Morgan fingerprint density at radius 1 is 1.00 bits per heavy atom. The SMILES string of the molecule is CC1c2ccc(O)c(O)c2OCC1c1ccc(O)cc1. The summed E-state index contributed by atoms with van der Waals surface area (Å²) in [5, 5.41) is 28.7. The maximum atomic E-state index is 9.85. The molecule has 4 heteroatoms. The van der Waals surface area contributed by atoms with E-state index in [1.807, 2.05) is 12.1 Å². The van der Waals surface area contributed by atoms with Crippen LogP contribution in [0.2, 0.25) is 0 Å². The standard InChI is InChI=1S/C16H16O4/c1-9-12-6-7-14(18)15(19)16(12)20-8-13(9)10-2-4-11(17)5-3-10/h2-7,9,13,17-19H,8H2,1H3. The van der Waals surface area contributed by atoms with Crippen LogP contribution in [0.1, 0.15) is 29.9 Å². The topological polar surface area (TPSA) is 69.9 Å². The third-order valence-electron chi connectivity index (χ3n) is 3.96. The quantitative estimate of drug-likeness (QED) is 0.698. The largest absolute Gasteiger partial charge is 0.508 e. The van der Waals surface area contributed by atoms with Crippen LogP contribution in [-0.4, -0.2) is 21.9 Å². The van der Waals surface area contributed by atoms with E-state index >= 15 is 0 Å². The van der Waals surface area contributed by atoms with Gasteiger partial charge >= 0.3 is 0 Å². The maximum absolute atomic E-state index is 9.85. The van der Waals surface area contributed by atoms with Gasteiger partial charge in [0.15, 0.2) is 11.5 Å². The van der Waals surface area contributed by atoms with Gasteiger partial charge in [0.05, 0.1) is 6.61 Å². The van der Waals surface area contributed by atoms with Crippen LogP contribution in [0.3, 0.4) is 0 Å². The number of hydrogen-bond acceptors (Lipinski definition) is 4. The van der Waals surface area contributed by atoms with Crippen molar-refractivity contribution >= 4 is 0 Å². The Balaban J connectivity index is 1.99. The first-order valence-electron chi connectivity index (χ1n) is 6.54. The number of phenolic OH excluding ortho intramolecular Hbond substituents is 3. The summed E-state index contributed by atoms with van der Waals surface area (Å²) < 4.78 is 5.63. The number of aromatic hydroxyl groups is 3. The molecule has 1 aliphatic heterocycles. The molecule has 0 fully saturated rings. The van der Waals surface area contributed by atoms with E-state index in [2.05, 4.69) is 6.92 Å². The highest BCUT2D eigenvalue weighted by atomic mass is 16.5. The maximum Gasteiger partial charge on any atom is 0.200 e. The van der Waals surface area contributed by atoms with Crippen molar-refractivity contribution < 1.29 is 20.1 Å². The normalized spacial score (nSPS) is 21.1. The summed E-state index contributed by atoms with van der Waals surface area (Å²) in [6, 6.07) is 10.3. The van der Waals surface area contributed by atoms with E-state index in [1.54, 1.807) is 18.2 Å². The summed E-state index contributed by atoms with van der Waals surface area (Å²) >= 11 is 0. The van der Waals surface area contributed by atoms with Crippen molar-refractivity contribution in [2.75, 3.05) is 6.61 Å². The van der Waals surface area contributed by atoms with Crippen molar-refractivity contribution in [3.63, 3.8) is 0 Å². The molecular formula is C16H16O4. The lowest BCUT2D eigenvalue weighted by Gasteiger charge is -2.32. The van der Waals surface area contributed by atoms with Gasteiger partial charge in [0.25, 0.3) is 0 Å². The second-order valence-electron chi connectivity index (χ2n) is 5.15. The van der Waals surface area contributed by atoms with E-state index in [9.17, 15) is 15.3 Å².